The summed E-state index contributed by atoms with van der Waals surface area (Å²) < 4.78 is 9.65. The maximum Gasteiger partial charge on any atom is 0.333 e. The van der Waals surface area contributed by atoms with Crippen LogP contribution in [0.15, 0.2) is 42.7 Å². The van der Waals surface area contributed by atoms with Gasteiger partial charge in [0, 0.05) is 5.56 Å². The average molecular weight is 216 g/mol. The van der Waals surface area contributed by atoms with Crippen LogP contribution in [-0.4, -0.2) is 13.1 Å². The molecule has 3 heteroatoms. The molecule has 0 aliphatic carbocycles. The Morgan fingerprint density at radius 1 is 1.44 bits per heavy atom. The zero-order valence-corrected chi connectivity index (χ0v) is 8.92. The van der Waals surface area contributed by atoms with Gasteiger partial charge in [0.15, 0.2) is 6.10 Å². The molecule has 3 nitrogen and oxygen atoms in total. The van der Waals surface area contributed by atoms with Gasteiger partial charge in [-0.15, -0.1) is 6.42 Å². The Bertz CT molecular complexity index is 401. The van der Waals surface area contributed by atoms with Crippen LogP contribution in [0.1, 0.15) is 11.7 Å². The second-order valence-corrected chi connectivity index (χ2v) is 2.92. The van der Waals surface area contributed by atoms with Crippen molar-refractivity contribution in [2.45, 2.75) is 6.10 Å². The Kier molecular flexibility index (Phi) is 4.68. The lowest BCUT2D eigenvalue weighted by atomic mass is 10.1. The number of rotatable bonds is 4. The van der Waals surface area contributed by atoms with Crippen LogP contribution in [0.25, 0.3) is 0 Å². The summed E-state index contributed by atoms with van der Waals surface area (Å²) in [5, 5.41) is 0. The van der Waals surface area contributed by atoms with Gasteiger partial charge in [0.1, 0.15) is 0 Å². The summed E-state index contributed by atoms with van der Waals surface area (Å²) in [4.78, 5) is 10.8. The molecule has 82 valence electrons. The number of carbonyl (C=O) groups is 1. The smallest absolute Gasteiger partial charge is 0.333 e. The lowest BCUT2D eigenvalue weighted by Gasteiger charge is -2.09. The van der Waals surface area contributed by atoms with Crippen molar-refractivity contribution in [3.8, 4) is 12.3 Å². The normalized spacial score (nSPS) is 11.8. The molecule has 1 aromatic carbocycles. The van der Waals surface area contributed by atoms with Gasteiger partial charge in [0.25, 0.3) is 0 Å². The molecule has 0 spiro atoms. The number of esters is 1. The Balaban J connectivity index is 2.61. The Morgan fingerprint density at radius 3 is 2.69 bits per heavy atom. The van der Waals surface area contributed by atoms with Gasteiger partial charge in [0.05, 0.1) is 19.4 Å². The number of benzene rings is 1. The molecule has 16 heavy (non-hydrogen) atoms. The van der Waals surface area contributed by atoms with Crippen molar-refractivity contribution in [3.63, 3.8) is 0 Å². The van der Waals surface area contributed by atoms with E-state index in [9.17, 15) is 4.79 Å². The van der Waals surface area contributed by atoms with Gasteiger partial charge in [-0.2, -0.15) is 0 Å². The summed E-state index contributed by atoms with van der Waals surface area (Å²) in [6, 6.07) is 9.34. The second kappa shape index (κ2) is 6.31. The molecule has 1 aromatic rings. The van der Waals surface area contributed by atoms with Gasteiger partial charge in [-0.3, -0.25) is 0 Å². The first-order valence-electron chi connectivity index (χ1n) is 4.69. The summed E-state index contributed by atoms with van der Waals surface area (Å²) in [7, 11) is 1.29. The fourth-order valence-corrected chi connectivity index (χ4v) is 1.08. The van der Waals surface area contributed by atoms with Gasteiger partial charge in [0.2, 0.25) is 0 Å². The maximum atomic E-state index is 10.8. The molecule has 1 atom stereocenters. The first-order chi connectivity index (χ1) is 7.77. The third-order valence-electron chi connectivity index (χ3n) is 1.87. The predicted molar refractivity (Wildman–Crippen MR) is 60.3 cm³/mol. The van der Waals surface area contributed by atoms with E-state index in [-0.39, 0.29) is 0 Å². The lowest BCUT2D eigenvalue weighted by Crippen LogP contribution is -1.99. The number of carbonyl (C=O) groups excluding carboxylic acids is 1. The van der Waals surface area contributed by atoms with Gasteiger partial charge in [-0.1, -0.05) is 36.3 Å². The lowest BCUT2D eigenvalue weighted by molar-refractivity contribution is -0.135. The van der Waals surface area contributed by atoms with Gasteiger partial charge >= 0.3 is 5.97 Å². The van der Waals surface area contributed by atoms with Crippen LogP contribution in [0.2, 0.25) is 0 Å². The third kappa shape index (κ3) is 3.50. The monoisotopic (exact) mass is 216 g/mol. The first kappa shape index (κ1) is 11.9. The zero-order valence-electron chi connectivity index (χ0n) is 8.92. The van der Waals surface area contributed by atoms with E-state index in [1.54, 1.807) is 0 Å². The highest BCUT2D eigenvalue weighted by Gasteiger charge is 2.06. The molecule has 0 saturated heterocycles. The van der Waals surface area contributed by atoms with E-state index in [4.69, 9.17) is 11.2 Å². The average Bonchev–Trinajstić information content (AvgIpc) is 2.35. The minimum absolute atomic E-state index is 0.483. The van der Waals surface area contributed by atoms with Crippen LogP contribution in [-0.2, 0) is 14.3 Å². The maximum absolute atomic E-state index is 10.8. The van der Waals surface area contributed by atoms with Crippen molar-refractivity contribution in [2.24, 2.45) is 0 Å². The predicted octanol–water partition coefficient (Wildman–Crippen LogP) is 2.06. The van der Waals surface area contributed by atoms with E-state index in [1.165, 1.54) is 19.4 Å². The molecule has 0 aliphatic rings. The minimum atomic E-state index is -0.498. The largest absolute Gasteiger partial charge is 0.480 e. The zero-order chi connectivity index (χ0) is 11.8. The van der Waals surface area contributed by atoms with Gasteiger partial charge in [-0.25, -0.2) is 4.79 Å². The summed E-state index contributed by atoms with van der Waals surface area (Å²) in [5.74, 6) is 2.00. The highest BCUT2D eigenvalue weighted by Crippen LogP contribution is 2.15. The van der Waals surface area contributed by atoms with Crippen molar-refractivity contribution in [2.75, 3.05) is 7.11 Å². The number of hydrogen-bond donors (Lipinski definition) is 0. The molecule has 0 aliphatic heterocycles. The molecule has 0 fully saturated rings. The molecular weight excluding hydrogens is 204 g/mol. The van der Waals surface area contributed by atoms with Crippen LogP contribution >= 0.6 is 0 Å². The molecular formula is C13H12O3. The highest BCUT2D eigenvalue weighted by atomic mass is 16.5. The van der Waals surface area contributed by atoms with Crippen LogP contribution in [0.5, 0.6) is 0 Å². The molecule has 0 heterocycles. The van der Waals surface area contributed by atoms with Crippen molar-refractivity contribution < 1.29 is 14.3 Å². The van der Waals surface area contributed by atoms with Gasteiger partial charge in [-0.05, 0) is 0 Å². The van der Waals surface area contributed by atoms with Crippen molar-refractivity contribution >= 4 is 5.97 Å². The van der Waals surface area contributed by atoms with Crippen molar-refractivity contribution in [3.05, 3.63) is 48.2 Å². The number of hydrogen-bond acceptors (Lipinski definition) is 3. The number of ether oxygens (including phenoxy) is 2. The number of terminal acetylenes is 1. The SMILES string of the molecule is C#CC(O/C=C/C(=O)OC)c1ccccc1. The summed E-state index contributed by atoms with van der Waals surface area (Å²) in [6.07, 6.45) is 7.24. The highest BCUT2D eigenvalue weighted by molar-refractivity contribution is 5.81. The van der Waals surface area contributed by atoms with Crippen molar-refractivity contribution in [1.29, 1.82) is 0 Å². The third-order valence-corrected chi connectivity index (χ3v) is 1.87. The van der Waals surface area contributed by atoms with E-state index in [0.29, 0.717) is 0 Å². The summed E-state index contributed by atoms with van der Waals surface area (Å²) in [5.41, 5.74) is 0.861. The number of methoxy groups -OCH3 is 1. The van der Waals surface area contributed by atoms with Gasteiger partial charge < -0.3 is 9.47 Å². The Labute approximate surface area is 94.7 Å². The van der Waals surface area contributed by atoms with Crippen LogP contribution < -0.4 is 0 Å². The van der Waals surface area contributed by atoms with E-state index >= 15 is 0 Å². The molecule has 1 rings (SSSR count). The standard InChI is InChI=1S/C13H12O3/c1-3-12(11-7-5-4-6-8-11)16-10-9-13(14)15-2/h1,4-10,12H,2H3/b10-9+. The summed E-state index contributed by atoms with van der Waals surface area (Å²) in [6.45, 7) is 0. The quantitative estimate of drug-likeness (QED) is 0.334. The van der Waals surface area contributed by atoms with Crippen LogP contribution in [0.4, 0.5) is 0 Å². The molecule has 1 unspecified atom stereocenters. The fraction of sp³-hybridized carbons (Fsp3) is 0.154. The second-order valence-electron chi connectivity index (χ2n) is 2.92. The van der Waals surface area contributed by atoms with E-state index in [0.717, 1.165) is 5.56 Å². The fourth-order valence-electron chi connectivity index (χ4n) is 1.08. The van der Waals surface area contributed by atoms with Crippen molar-refractivity contribution in [1.82, 2.24) is 0 Å². The van der Waals surface area contributed by atoms with E-state index < -0.39 is 12.1 Å². The Hall–Kier alpha value is -2.21. The first-order valence-corrected chi connectivity index (χ1v) is 4.69. The van der Waals surface area contributed by atoms with E-state index in [1.807, 2.05) is 30.3 Å². The Morgan fingerprint density at radius 2 is 2.12 bits per heavy atom. The molecule has 0 saturated carbocycles. The molecule has 0 radical (unpaired) electrons. The topological polar surface area (TPSA) is 35.5 Å². The summed E-state index contributed by atoms with van der Waals surface area (Å²) >= 11 is 0. The molecule has 0 amide bonds. The van der Waals surface area contributed by atoms with Crippen LogP contribution in [0.3, 0.4) is 0 Å². The minimum Gasteiger partial charge on any atom is -0.480 e. The van der Waals surface area contributed by atoms with E-state index in [2.05, 4.69) is 10.7 Å². The molecule has 0 bridgehead atoms. The van der Waals surface area contributed by atoms with Crippen LogP contribution in [0, 0.1) is 12.3 Å². The molecule has 0 aromatic heterocycles. The molecule has 0 N–H and O–H groups in total.